The molecule has 140 valence electrons. The van der Waals surface area contributed by atoms with Gasteiger partial charge in [-0.25, -0.2) is 9.69 Å². The molecule has 1 aliphatic rings. The van der Waals surface area contributed by atoms with Gasteiger partial charge in [-0.1, -0.05) is 22.0 Å². The Morgan fingerprint density at radius 3 is 2.56 bits per heavy atom. The average Bonchev–Trinajstić information content (AvgIpc) is 3.08. The highest BCUT2D eigenvalue weighted by Crippen LogP contribution is 2.26. The lowest BCUT2D eigenvalue weighted by atomic mass is 10.1. The van der Waals surface area contributed by atoms with Crippen molar-refractivity contribution in [1.29, 1.82) is 0 Å². The highest BCUT2D eigenvalue weighted by Gasteiger charge is 2.37. The molecular weight excluding hydrogens is 414 g/mol. The van der Waals surface area contributed by atoms with Crippen LogP contribution in [-0.2, 0) is 9.59 Å². The molecule has 0 spiro atoms. The molecule has 0 saturated carbocycles. The highest BCUT2D eigenvalue weighted by molar-refractivity contribution is 9.10. The molecule has 1 aromatic heterocycles. The first kappa shape index (κ1) is 18.9. The van der Waals surface area contributed by atoms with E-state index in [2.05, 4.69) is 21.2 Å². The van der Waals surface area contributed by atoms with Crippen molar-refractivity contribution in [2.24, 2.45) is 0 Å². The van der Waals surface area contributed by atoms with Gasteiger partial charge in [0, 0.05) is 23.6 Å². The average molecular weight is 432 g/mol. The van der Waals surface area contributed by atoms with Crippen molar-refractivity contribution < 1.29 is 18.8 Å². The van der Waals surface area contributed by atoms with Gasteiger partial charge in [0.1, 0.15) is 11.3 Å². The zero-order chi connectivity index (χ0) is 19.6. The lowest BCUT2D eigenvalue weighted by Crippen LogP contribution is -2.54. The summed E-state index contributed by atoms with van der Waals surface area (Å²) in [5.41, 5.74) is 0.184. The van der Waals surface area contributed by atoms with Gasteiger partial charge in [0.25, 0.3) is 11.8 Å². The quantitative estimate of drug-likeness (QED) is 0.577. The van der Waals surface area contributed by atoms with Crippen LogP contribution in [0.15, 0.2) is 50.9 Å². The van der Waals surface area contributed by atoms with Crippen molar-refractivity contribution in [2.75, 3.05) is 22.9 Å². The van der Waals surface area contributed by atoms with E-state index in [0.29, 0.717) is 21.8 Å². The first-order valence-corrected chi connectivity index (χ1v) is 9.25. The van der Waals surface area contributed by atoms with Crippen LogP contribution < -0.4 is 15.1 Å². The van der Waals surface area contributed by atoms with Crippen molar-refractivity contribution in [3.63, 3.8) is 0 Å². The number of nitrogens with one attached hydrogen (secondary N) is 1. The second-order valence-electron chi connectivity index (χ2n) is 5.79. The Morgan fingerprint density at radius 2 is 1.89 bits per heavy atom. The van der Waals surface area contributed by atoms with Gasteiger partial charge in [-0.2, -0.15) is 0 Å². The number of hydrogen-bond donors (Lipinski definition) is 1. The predicted molar refractivity (Wildman–Crippen MR) is 105 cm³/mol. The number of barbiturate groups is 1. The smallest absolute Gasteiger partial charge is 0.335 e. The number of halogens is 1. The van der Waals surface area contributed by atoms with Crippen molar-refractivity contribution in [1.82, 2.24) is 5.32 Å². The van der Waals surface area contributed by atoms with Crippen LogP contribution in [0.3, 0.4) is 0 Å². The zero-order valence-electron chi connectivity index (χ0n) is 14.9. The van der Waals surface area contributed by atoms with E-state index in [1.807, 2.05) is 18.7 Å². The van der Waals surface area contributed by atoms with E-state index in [-0.39, 0.29) is 5.57 Å². The molecule has 27 heavy (non-hydrogen) atoms. The van der Waals surface area contributed by atoms with E-state index in [0.717, 1.165) is 18.0 Å². The van der Waals surface area contributed by atoms with Crippen molar-refractivity contribution in [2.45, 2.75) is 13.8 Å². The number of carbonyl (C=O) groups is 3. The number of amides is 4. The number of anilines is 2. The summed E-state index contributed by atoms with van der Waals surface area (Å²) < 4.78 is 6.43. The first-order valence-electron chi connectivity index (χ1n) is 8.46. The second kappa shape index (κ2) is 7.79. The number of urea groups is 1. The molecule has 3 rings (SSSR count). The Bertz CT molecular complexity index is 931. The number of carbonyl (C=O) groups excluding carboxylic acids is 3. The van der Waals surface area contributed by atoms with Gasteiger partial charge in [0.2, 0.25) is 0 Å². The van der Waals surface area contributed by atoms with Crippen LogP contribution in [0, 0.1) is 0 Å². The van der Waals surface area contributed by atoms with Gasteiger partial charge in [0.05, 0.1) is 5.69 Å². The summed E-state index contributed by atoms with van der Waals surface area (Å²) in [5.74, 6) is -0.450. The van der Waals surface area contributed by atoms with Gasteiger partial charge in [-0.3, -0.25) is 14.9 Å². The molecular formula is C19H18BrN3O4. The van der Waals surface area contributed by atoms with E-state index in [4.69, 9.17) is 4.42 Å². The van der Waals surface area contributed by atoms with Crippen LogP contribution in [0.4, 0.5) is 16.4 Å². The van der Waals surface area contributed by atoms with Crippen molar-refractivity contribution >= 4 is 51.4 Å². The van der Waals surface area contributed by atoms with Gasteiger partial charge < -0.3 is 9.32 Å². The fourth-order valence-electron chi connectivity index (χ4n) is 2.77. The van der Waals surface area contributed by atoms with Crippen LogP contribution in [0.1, 0.15) is 19.6 Å². The van der Waals surface area contributed by atoms with E-state index >= 15 is 0 Å². The molecule has 2 aromatic rings. The molecule has 0 unspecified atom stereocenters. The largest absolute Gasteiger partial charge is 0.441 e. The zero-order valence-corrected chi connectivity index (χ0v) is 16.4. The van der Waals surface area contributed by atoms with Crippen LogP contribution in [0.25, 0.3) is 6.08 Å². The van der Waals surface area contributed by atoms with Gasteiger partial charge in [-0.05, 0) is 44.2 Å². The lowest BCUT2D eigenvalue weighted by Gasteiger charge is -2.26. The maximum atomic E-state index is 12.8. The van der Waals surface area contributed by atoms with Crippen LogP contribution in [0.2, 0.25) is 0 Å². The Morgan fingerprint density at radius 1 is 1.15 bits per heavy atom. The van der Waals surface area contributed by atoms with E-state index < -0.39 is 17.8 Å². The third-order valence-electron chi connectivity index (χ3n) is 4.14. The molecule has 0 radical (unpaired) electrons. The summed E-state index contributed by atoms with van der Waals surface area (Å²) in [4.78, 5) is 40.2. The maximum Gasteiger partial charge on any atom is 0.335 e. The molecule has 8 heteroatoms. The van der Waals surface area contributed by atoms with E-state index in [9.17, 15) is 14.4 Å². The van der Waals surface area contributed by atoms with Gasteiger partial charge in [-0.15, -0.1) is 0 Å². The summed E-state index contributed by atoms with van der Waals surface area (Å²) >= 11 is 3.31. The van der Waals surface area contributed by atoms with E-state index in [1.165, 1.54) is 6.08 Å². The molecule has 1 saturated heterocycles. The molecule has 7 nitrogen and oxygen atoms in total. The highest BCUT2D eigenvalue weighted by atomic mass is 79.9. The molecule has 0 aliphatic carbocycles. The molecule has 4 amide bonds. The summed E-state index contributed by atoms with van der Waals surface area (Å²) in [6.45, 7) is 5.54. The topological polar surface area (TPSA) is 82.9 Å². The summed E-state index contributed by atoms with van der Waals surface area (Å²) in [6.07, 6.45) is 1.35. The normalized spacial score (nSPS) is 16.0. The number of benzene rings is 1. The Balaban J connectivity index is 1.95. The predicted octanol–water partition coefficient (Wildman–Crippen LogP) is 3.55. The summed E-state index contributed by atoms with van der Waals surface area (Å²) in [6, 6.07) is 9.38. The minimum Gasteiger partial charge on any atom is -0.441 e. The maximum absolute atomic E-state index is 12.8. The molecule has 1 aromatic carbocycles. The lowest BCUT2D eigenvalue weighted by molar-refractivity contribution is -0.122. The number of furan rings is 1. The van der Waals surface area contributed by atoms with Crippen LogP contribution in [0.5, 0.6) is 0 Å². The second-order valence-corrected chi connectivity index (χ2v) is 6.70. The first-order chi connectivity index (χ1) is 12.9. The standard InChI is InChI=1S/C19H18BrN3O4/c1-3-22(4-2)16-9-8-14(27-16)11-15-17(24)21-19(26)23(18(15)25)13-7-5-6-12(20)10-13/h5-11H,3-4H2,1-2H3,(H,21,24,26)/b15-11+. The minimum atomic E-state index is -0.788. The Hall–Kier alpha value is -2.87. The molecule has 0 atom stereocenters. The molecule has 1 N–H and O–H groups in total. The van der Waals surface area contributed by atoms with Crippen LogP contribution in [-0.4, -0.2) is 30.9 Å². The van der Waals surface area contributed by atoms with Crippen LogP contribution >= 0.6 is 15.9 Å². The number of rotatable bonds is 5. The molecule has 2 heterocycles. The monoisotopic (exact) mass is 431 g/mol. The SMILES string of the molecule is CCN(CC)c1ccc(/C=C2\C(=O)NC(=O)N(c3cccc(Br)c3)C2=O)o1. The van der Waals surface area contributed by atoms with E-state index in [1.54, 1.807) is 36.4 Å². The minimum absolute atomic E-state index is 0.171. The molecule has 1 fully saturated rings. The van der Waals surface area contributed by atoms with Crippen molar-refractivity contribution in [3.05, 3.63) is 52.2 Å². The summed E-state index contributed by atoms with van der Waals surface area (Å²) in [5, 5.41) is 2.19. The third kappa shape index (κ3) is 3.80. The molecule has 0 bridgehead atoms. The Labute approximate surface area is 164 Å². The Kier molecular flexibility index (Phi) is 5.46. The third-order valence-corrected chi connectivity index (χ3v) is 4.64. The molecule has 1 aliphatic heterocycles. The number of hydrogen-bond acceptors (Lipinski definition) is 5. The summed E-state index contributed by atoms with van der Waals surface area (Å²) in [7, 11) is 0. The van der Waals surface area contributed by atoms with Crippen molar-refractivity contribution in [3.8, 4) is 0 Å². The van der Waals surface area contributed by atoms with Gasteiger partial charge >= 0.3 is 6.03 Å². The fraction of sp³-hybridized carbons (Fsp3) is 0.211. The van der Waals surface area contributed by atoms with Gasteiger partial charge in [0.15, 0.2) is 5.88 Å². The fourth-order valence-corrected chi connectivity index (χ4v) is 3.16. The number of imide groups is 2. The number of nitrogens with zero attached hydrogens (tertiary/aromatic N) is 2.